The van der Waals surface area contributed by atoms with E-state index in [1.54, 1.807) is 41.9 Å². The van der Waals surface area contributed by atoms with Crippen LogP contribution in [0.15, 0.2) is 68.0 Å². The Hall–Kier alpha value is -3.31. The van der Waals surface area contributed by atoms with Gasteiger partial charge in [-0.15, -0.1) is 5.10 Å². The van der Waals surface area contributed by atoms with Crippen molar-refractivity contribution in [2.24, 2.45) is 17.3 Å². The standard InChI is InChI=1S/C22H20BrN5O4S/c1-27-16(20(23)21(30)28(27)15-6-4-3-5-7-15)12-32-17-9-8-14(10-18(17)31-2)11-24-26-22-25-19(29)13-33-22/h3-11H,12-13H2,1-2H3,(H,25,26,29). The molecule has 0 aliphatic carbocycles. The van der Waals surface area contributed by atoms with E-state index in [1.807, 2.05) is 36.4 Å². The van der Waals surface area contributed by atoms with Crippen molar-refractivity contribution in [1.29, 1.82) is 0 Å². The van der Waals surface area contributed by atoms with Crippen molar-refractivity contribution < 1.29 is 14.3 Å². The van der Waals surface area contributed by atoms with Gasteiger partial charge in [0.2, 0.25) is 5.91 Å². The highest BCUT2D eigenvalue weighted by atomic mass is 79.9. The SMILES string of the molecule is COc1cc(C=NN=C2NC(=O)CS2)ccc1OCc1c(Br)c(=O)n(-c2ccccc2)n1C. The second kappa shape index (κ2) is 10.1. The van der Waals surface area contributed by atoms with Gasteiger partial charge in [0.15, 0.2) is 16.7 Å². The first-order valence-electron chi connectivity index (χ1n) is 9.84. The van der Waals surface area contributed by atoms with Gasteiger partial charge in [0.05, 0.1) is 30.5 Å². The Bertz CT molecular complexity index is 1300. The lowest BCUT2D eigenvalue weighted by Crippen LogP contribution is -2.19. The van der Waals surface area contributed by atoms with Crippen molar-refractivity contribution in [2.45, 2.75) is 6.61 Å². The molecule has 0 bridgehead atoms. The zero-order valence-electron chi connectivity index (χ0n) is 17.8. The van der Waals surface area contributed by atoms with Gasteiger partial charge in [-0.05, 0) is 51.8 Å². The number of nitrogens with zero attached hydrogens (tertiary/aromatic N) is 4. The molecular weight excluding hydrogens is 510 g/mol. The third-order valence-electron chi connectivity index (χ3n) is 4.82. The summed E-state index contributed by atoms with van der Waals surface area (Å²) in [6.07, 6.45) is 1.56. The lowest BCUT2D eigenvalue weighted by Gasteiger charge is -2.13. The van der Waals surface area contributed by atoms with Gasteiger partial charge in [-0.25, -0.2) is 4.68 Å². The molecule has 4 rings (SSSR count). The van der Waals surface area contributed by atoms with Crippen LogP contribution in [0.5, 0.6) is 11.5 Å². The van der Waals surface area contributed by atoms with Gasteiger partial charge in [0, 0.05) is 7.05 Å². The van der Waals surface area contributed by atoms with Gasteiger partial charge < -0.3 is 14.8 Å². The van der Waals surface area contributed by atoms with E-state index in [9.17, 15) is 9.59 Å². The molecule has 0 unspecified atom stereocenters. The number of methoxy groups -OCH3 is 1. The average molecular weight is 530 g/mol. The third-order valence-corrected chi connectivity index (χ3v) is 6.48. The molecule has 11 heteroatoms. The fraction of sp³-hybridized carbons (Fsp3) is 0.182. The Morgan fingerprint density at radius 1 is 1.18 bits per heavy atom. The second-order valence-corrected chi connectivity index (χ2v) is 8.68. The minimum Gasteiger partial charge on any atom is -0.493 e. The summed E-state index contributed by atoms with van der Waals surface area (Å²) in [4.78, 5) is 24.0. The minimum atomic E-state index is -0.168. The van der Waals surface area contributed by atoms with Crippen LogP contribution in [-0.4, -0.2) is 39.5 Å². The molecule has 9 nitrogen and oxygen atoms in total. The lowest BCUT2D eigenvalue weighted by atomic mass is 10.2. The molecule has 1 fully saturated rings. The van der Waals surface area contributed by atoms with Crippen molar-refractivity contribution in [3.8, 4) is 17.2 Å². The topological polar surface area (TPSA) is 99.2 Å². The summed E-state index contributed by atoms with van der Waals surface area (Å²) in [7, 11) is 3.35. The van der Waals surface area contributed by atoms with Crippen LogP contribution >= 0.6 is 27.7 Å². The largest absolute Gasteiger partial charge is 0.493 e. The zero-order chi connectivity index (χ0) is 23.4. The number of amides is 1. The number of benzene rings is 2. The third kappa shape index (κ3) is 5.04. The van der Waals surface area contributed by atoms with Crippen LogP contribution in [0.2, 0.25) is 0 Å². The number of hydrogen-bond donors (Lipinski definition) is 1. The summed E-state index contributed by atoms with van der Waals surface area (Å²) < 4.78 is 15.2. The molecule has 1 amide bonds. The monoisotopic (exact) mass is 529 g/mol. The van der Waals surface area contributed by atoms with Crippen LogP contribution in [0.4, 0.5) is 0 Å². The quantitative estimate of drug-likeness (QED) is 0.374. The predicted octanol–water partition coefficient (Wildman–Crippen LogP) is 3.08. The van der Waals surface area contributed by atoms with Crippen LogP contribution in [0.1, 0.15) is 11.3 Å². The number of aromatic nitrogens is 2. The number of para-hydroxylation sites is 1. The summed E-state index contributed by atoms with van der Waals surface area (Å²) >= 11 is 4.71. The molecule has 1 aliphatic rings. The van der Waals surface area contributed by atoms with Gasteiger partial charge in [-0.3, -0.25) is 14.3 Å². The van der Waals surface area contributed by atoms with E-state index in [0.29, 0.717) is 32.6 Å². The molecule has 1 aliphatic heterocycles. The molecule has 0 atom stereocenters. The Balaban J connectivity index is 1.51. The number of nitrogens with one attached hydrogen (secondary N) is 1. The first-order chi connectivity index (χ1) is 16.0. The van der Waals surface area contributed by atoms with E-state index < -0.39 is 0 Å². The number of amidine groups is 1. The molecule has 0 saturated carbocycles. The molecular formula is C22H20BrN5O4S. The number of rotatable bonds is 7. The number of hydrogen-bond acceptors (Lipinski definition) is 7. The number of carbonyl (C=O) groups is 1. The number of ether oxygens (including phenoxy) is 2. The minimum absolute atomic E-state index is 0.0830. The summed E-state index contributed by atoms with van der Waals surface area (Å²) in [5.41, 5.74) is 2.03. The van der Waals surface area contributed by atoms with E-state index in [0.717, 1.165) is 11.3 Å². The van der Waals surface area contributed by atoms with Crippen molar-refractivity contribution in [2.75, 3.05) is 12.9 Å². The van der Waals surface area contributed by atoms with Crippen LogP contribution in [0, 0.1) is 0 Å². The molecule has 1 saturated heterocycles. The highest BCUT2D eigenvalue weighted by molar-refractivity contribution is 9.10. The first kappa shape index (κ1) is 22.9. The van der Waals surface area contributed by atoms with E-state index >= 15 is 0 Å². The Kier molecular flexibility index (Phi) is 6.99. The summed E-state index contributed by atoms with van der Waals surface area (Å²) in [6.45, 7) is 0.153. The van der Waals surface area contributed by atoms with Crippen molar-refractivity contribution >= 4 is 45.0 Å². The Labute approximate surface area is 202 Å². The Morgan fingerprint density at radius 3 is 2.67 bits per heavy atom. The lowest BCUT2D eigenvalue weighted by molar-refractivity contribution is -0.116. The van der Waals surface area contributed by atoms with Gasteiger partial charge in [-0.1, -0.05) is 30.0 Å². The van der Waals surface area contributed by atoms with E-state index in [-0.39, 0.29) is 18.1 Å². The molecule has 3 aromatic rings. The summed E-state index contributed by atoms with van der Waals surface area (Å²) in [5.74, 6) is 1.30. The highest BCUT2D eigenvalue weighted by Crippen LogP contribution is 2.29. The van der Waals surface area contributed by atoms with Gasteiger partial charge in [0.1, 0.15) is 11.1 Å². The molecule has 2 heterocycles. The molecule has 0 spiro atoms. The van der Waals surface area contributed by atoms with Crippen LogP contribution in [0.3, 0.4) is 0 Å². The van der Waals surface area contributed by atoms with Crippen molar-refractivity contribution in [3.63, 3.8) is 0 Å². The maximum absolute atomic E-state index is 12.8. The normalized spacial score (nSPS) is 14.8. The Morgan fingerprint density at radius 2 is 1.97 bits per heavy atom. The van der Waals surface area contributed by atoms with Crippen LogP contribution in [0.25, 0.3) is 5.69 Å². The molecule has 0 radical (unpaired) electrons. The van der Waals surface area contributed by atoms with Crippen molar-refractivity contribution in [1.82, 2.24) is 14.7 Å². The second-order valence-electron chi connectivity index (χ2n) is 6.92. The van der Waals surface area contributed by atoms with Crippen molar-refractivity contribution in [3.05, 3.63) is 74.6 Å². The molecule has 1 N–H and O–H groups in total. The molecule has 170 valence electrons. The zero-order valence-corrected chi connectivity index (χ0v) is 20.2. The van der Waals surface area contributed by atoms with Crippen LogP contribution in [-0.2, 0) is 18.4 Å². The highest BCUT2D eigenvalue weighted by Gasteiger charge is 2.18. The fourth-order valence-corrected chi connectivity index (χ4v) is 4.36. The maximum Gasteiger partial charge on any atom is 0.286 e. The van der Waals surface area contributed by atoms with Gasteiger partial charge >= 0.3 is 0 Å². The van der Waals surface area contributed by atoms with Crippen LogP contribution < -0.4 is 20.3 Å². The molecule has 2 aromatic carbocycles. The van der Waals surface area contributed by atoms with E-state index in [1.165, 1.54) is 11.8 Å². The average Bonchev–Trinajstić information content (AvgIpc) is 3.33. The first-order valence-corrected chi connectivity index (χ1v) is 11.6. The molecule has 33 heavy (non-hydrogen) atoms. The summed E-state index contributed by atoms with van der Waals surface area (Å²) in [5, 5.41) is 11.1. The number of carbonyl (C=O) groups excluding carboxylic acids is 1. The molecule has 1 aromatic heterocycles. The van der Waals surface area contributed by atoms with E-state index in [4.69, 9.17) is 9.47 Å². The summed E-state index contributed by atoms with van der Waals surface area (Å²) in [6, 6.07) is 14.7. The smallest absolute Gasteiger partial charge is 0.286 e. The van der Waals surface area contributed by atoms with E-state index in [2.05, 4.69) is 31.4 Å². The van der Waals surface area contributed by atoms with Gasteiger partial charge in [0.25, 0.3) is 5.56 Å². The fourth-order valence-electron chi connectivity index (χ4n) is 3.19. The number of halogens is 1. The predicted molar refractivity (Wildman–Crippen MR) is 132 cm³/mol. The number of thioether (sulfide) groups is 1. The maximum atomic E-state index is 12.8. The van der Waals surface area contributed by atoms with Gasteiger partial charge in [-0.2, -0.15) is 5.10 Å².